The molecular formula is C11H12FNO2. The van der Waals surface area contributed by atoms with Gasteiger partial charge in [0.15, 0.2) is 0 Å². The van der Waals surface area contributed by atoms with Gasteiger partial charge in [-0.05, 0) is 25.2 Å². The molecule has 3 nitrogen and oxygen atoms in total. The summed E-state index contributed by atoms with van der Waals surface area (Å²) in [5.41, 5.74) is 0.872. The minimum absolute atomic E-state index is 0.288. The third-order valence-electron chi connectivity index (χ3n) is 2.35. The molecule has 0 aliphatic heterocycles. The number of aliphatic hydroxyl groups excluding tert-OH is 1. The molecule has 0 bridgehead atoms. The molecule has 1 aromatic carbocycles. The molecule has 80 valence electrons. The van der Waals surface area contributed by atoms with E-state index in [-0.39, 0.29) is 5.56 Å². The molecule has 1 atom stereocenters. The molecule has 0 amide bonds. The van der Waals surface area contributed by atoms with Crippen LogP contribution in [-0.2, 0) is 0 Å². The molecule has 1 heterocycles. The van der Waals surface area contributed by atoms with Crippen molar-refractivity contribution in [2.45, 2.75) is 6.10 Å². The summed E-state index contributed by atoms with van der Waals surface area (Å²) in [6.07, 6.45) is 0.621. The van der Waals surface area contributed by atoms with Crippen LogP contribution in [0.25, 0.3) is 11.0 Å². The van der Waals surface area contributed by atoms with Crippen molar-refractivity contribution in [3.05, 3.63) is 35.8 Å². The Labute approximate surface area is 86.5 Å². The van der Waals surface area contributed by atoms with Crippen LogP contribution >= 0.6 is 0 Å². The van der Waals surface area contributed by atoms with Gasteiger partial charge in [0.1, 0.15) is 11.4 Å². The average Bonchev–Trinajstić information content (AvgIpc) is 2.65. The molecular weight excluding hydrogens is 197 g/mol. The number of rotatable bonds is 3. The monoisotopic (exact) mass is 209 g/mol. The van der Waals surface area contributed by atoms with E-state index in [2.05, 4.69) is 5.32 Å². The fourth-order valence-electron chi connectivity index (χ4n) is 1.67. The number of benzene rings is 1. The number of hydrogen-bond acceptors (Lipinski definition) is 3. The van der Waals surface area contributed by atoms with Gasteiger partial charge in [-0.3, -0.25) is 0 Å². The number of fused-ring (bicyclic) bond motifs is 1. The molecule has 15 heavy (non-hydrogen) atoms. The van der Waals surface area contributed by atoms with Crippen LogP contribution in [0.3, 0.4) is 0 Å². The van der Waals surface area contributed by atoms with Crippen LogP contribution in [0, 0.1) is 5.82 Å². The summed E-state index contributed by atoms with van der Waals surface area (Å²) < 4.78 is 18.7. The Bertz CT molecular complexity index is 467. The van der Waals surface area contributed by atoms with Crippen LogP contribution in [0.2, 0.25) is 0 Å². The van der Waals surface area contributed by atoms with Crippen molar-refractivity contribution in [3.8, 4) is 0 Å². The Morgan fingerprint density at radius 1 is 1.47 bits per heavy atom. The molecule has 0 radical (unpaired) electrons. The number of halogens is 1. The molecule has 2 N–H and O–H groups in total. The zero-order valence-corrected chi connectivity index (χ0v) is 8.33. The van der Waals surface area contributed by atoms with E-state index < -0.39 is 11.9 Å². The Balaban J connectivity index is 2.55. The van der Waals surface area contributed by atoms with E-state index in [1.54, 1.807) is 19.2 Å². The fraction of sp³-hybridized carbons (Fsp3) is 0.273. The lowest BCUT2D eigenvalue weighted by atomic mass is 10.0. The highest BCUT2D eigenvalue weighted by molar-refractivity contribution is 5.81. The standard InChI is InChI=1S/C11H12FNO2/c1-13-6-9(14)11-7-4-5-15-10(7)3-2-8(11)12/h2-5,9,13-14H,6H2,1H3. The van der Waals surface area contributed by atoms with Crippen molar-refractivity contribution in [2.24, 2.45) is 0 Å². The lowest BCUT2D eigenvalue weighted by Gasteiger charge is -2.12. The average molecular weight is 209 g/mol. The molecule has 0 aliphatic rings. The second-order valence-corrected chi connectivity index (χ2v) is 3.37. The normalized spacial score (nSPS) is 13.3. The first-order valence-corrected chi connectivity index (χ1v) is 4.72. The minimum atomic E-state index is -0.865. The SMILES string of the molecule is CNCC(O)c1c(F)ccc2occc12. The lowest BCUT2D eigenvalue weighted by molar-refractivity contribution is 0.174. The largest absolute Gasteiger partial charge is 0.464 e. The van der Waals surface area contributed by atoms with E-state index in [1.807, 2.05) is 0 Å². The van der Waals surface area contributed by atoms with Gasteiger partial charge in [-0.2, -0.15) is 0 Å². The number of nitrogens with one attached hydrogen (secondary N) is 1. The smallest absolute Gasteiger partial charge is 0.134 e. The molecule has 1 aromatic heterocycles. The van der Waals surface area contributed by atoms with Gasteiger partial charge in [-0.15, -0.1) is 0 Å². The summed E-state index contributed by atoms with van der Waals surface area (Å²) in [7, 11) is 1.70. The van der Waals surface area contributed by atoms with E-state index in [0.29, 0.717) is 17.5 Å². The topological polar surface area (TPSA) is 45.4 Å². The van der Waals surface area contributed by atoms with Gasteiger partial charge >= 0.3 is 0 Å². The van der Waals surface area contributed by atoms with Crippen LogP contribution in [-0.4, -0.2) is 18.7 Å². The number of hydrogen-bond donors (Lipinski definition) is 2. The summed E-state index contributed by atoms with van der Waals surface area (Å²) >= 11 is 0. The first kappa shape index (κ1) is 10.1. The van der Waals surface area contributed by atoms with Gasteiger partial charge in [0.2, 0.25) is 0 Å². The zero-order valence-electron chi connectivity index (χ0n) is 8.33. The predicted octanol–water partition coefficient (Wildman–Crippen LogP) is 1.82. The Kier molecular flexibility index (Phi) is 2.70. The minimum Gasteiger partial charge on any atom is -0.464 e. The highest BCUT2D eigenvalue weighted by Gasteiger charge is 2.16. The number of furan rings is 1. The van der Waals surface area contributed by atoms with E-state index in [0.717, 1.165) is 0 Å². The molecule has 1 unspecified atom stereocenters. The van der Waals surface area contributed by atoms with Crippen LogP contribution in [0.15, 0.2) is 28.9 Å². The predicted molar refractivity (Wildman–Crippen MR) is 55.1 cm³/mol. The molecule has 2 aromatic rings. The fourth-order valence-corrected chi connectivity index (χ4v) is 1.67. The van der Waals surface area contributed by atoms with Crippen molar-refractivity contribution in [1.82, 2.24) is 5.32 Å². The van der Waals surface area contributed by atoms with Crippen molar-refractivity contribution in [1.29, 1.82) is 0 Å². The van der Waals surface area contributed by atoms with Crippen LogP contribution in [0.4, 0.5) is 4.39 Å². The van der Waals surface area contributed by atoms with Crippen molar-refractivity contribution in [3.63, 3.8) is 0 Å². The van der Waals surface area contributed by atoms with E-state index in [1.165, 1.54) is 12.3 Å². The second-order valence-electron chi connectivity index (χ2n) is 3.37. The molecule has 0 aliphatic carbocycles. The van der Waals surface area contributed by atoms with Crippen LogP contribution in [0.1, 0.15) is 11.7 Å². The molecule has 0 saturated carbocycles. The number of aliphatic hydroxyl groups is 1. The Morgan fingerprint density at radius 3 is 3.00 bits per heavy atom. The quantitative estimate of drug-likeness (QED) is 0.810. The van der Waals surface area contributed by atoms with Gasteiger partial charge in [0.05, 0.1) is 12.4 Å². The van der Waals surface area contributed by atoms with Crippen LogP contribution in [0.5, 0.6) is 0 Å². The van der Waals surface area contributed by atoms with Gasteiger partial charge in [0, 0.05) is 17.5 Å². The second kappa shape index (κ2) is 4.00. The molecule has 4 heteroatoms. The van der Waals surface area contributed by atoms with Gasteiger partial charge in [-0.25, -0.2) is 4.39 Å². The van der Waals surface area contributed by atoms with Crippen molar-refractivity contribution < 1.29 is 13.9 Å². The summed E-state index contributed by atoms with van der Waals surface area (Å²) in [6.45, 7) is 0.307. The van der Waals surface area contributed by atoms with Crippen molar-refractivity contribution in [2.75, 3.05) is 13.6 Å². The van der Waals surface area contributed by atoms with Crippen molar-refractivity contribution >= 4 is 11.0 Å². The molecule has 0 saturated heterocycles. The lowest BCUT2D eigenvalue weighted by Crippen LogP contribution is -2.17. The first-order chi connectivity index (χ1) is 7.24. The van der Waals surface area contributed by atoms with Gasteiger partial charge in [-0.1, -0.05) is 0 Å². The maximum atomic E-state index is 13.5. The van der Waals surface area contributed by atoms with E-state index >= 15 is 0 Å². The maximum Gasteiger partial charge on any atom is 0.134 e. The molecule has 0 spiro atoms. The first-order valence-electron chi connectivity index (χ1n) is 4.72. The summed E-state index contributed by atoms with van der Waals surface area (Å²) in [5.74, 6) is -0.411. The Hall–Kier alpha value is -1.39. The van der Waals surface area contributed by atoms with E-state index in [9.17, 15) is 9.50 Å². The Morgan fingerprint density at radius 2 is 2.27 bits per heavy atom. The zero-order chi connectivity index (χ0) is 10.8. The molecule has 0 fully saturated rings. The molecule has 2 rings (SSSR count). The van der Waals surface area contributed by atoms with Crippen LogP contribution < -0.4 is 5.32 Å². The highest BCUT2D eigenvalue weighted by Crippen LogP contribution is 2.27. The maximum absolute atomic E-state index is 13.5. The third kappa shape index (κ3) is 1.73. The summed E-state index contributed by atoms with van der Waals surface area (Å²) in [4.78, 5) is 0. The third-order valence-corrected chi connectivity index (χ3v) is 2.35. The summed E-state index contributed by atoms with van der Waals surface area (Å²) in [5, 5.41) is 13.2. The van der Waals surface area contributed by atoms with Gasteiger partial charge in [0.25, 0.3) is 0 Å². The number of likely N-dealkylation sites (N-methyl/N-ethyl adjacent to an activating group) is 1. The van der Waals surface area contributed by atoms with E-state index in [4.69, 9.17) is 4.42 Å². The van der Waals surface area contributed by atoms with Gasteiger partial charge < -0.3 is 14.8 Å². The highest BCUT2D eigenvalue weighted by atomic mass is 19.1. The summed E-state index contributed by atoms with van der Waals surface area (Å²) in [6, 6.07) is 4.52.